The van der Waals surface area contributed by atoms with Crippen molar-refractivity contribution in [2.75, 3.05) is 6.54 Å². The smallest absolute Gasteiger partial charge is 0.223 e. The molecule has 3 rings (SSSR count). The summed E-state index contributed by atoms with van der Waals surface area (Å²) >= 11 is 0. The van der Waals surface area contributed by atoms with E-state index in [4.69, 9.17) is 0 Å². The van der Waals surface area contributed by atoms with Crippen LogP contribution in [0.2, 0.25) is 0 Å². The molecule has 0 unspecified atom stereocenters. The fraction of sp³-hybridized carbons (Fsp3) is 0.733. The van der Waals surface area contributed by atoms with Gasteiger partial charge in [-0.2, -0.15) is 0 Å². The summed E-state index contributed by atoms with van der Waals surface area (Å²) in [5, 5.41) is 6.61. The molecule has 0 saturated heterocycles. The number of carbonyl (C=O) groups excluding carboxylic acids is 2. The van der Waals surface area contributed by atoms with Gasteiger partial charge in [-0.1, -0.05) is 84.7 Å². The van der Waals surface area contributed by atoms with Crippen molar-refractivity contribution in [1.29, 1.82) is 0 Å². The molecule has 4 heteroatoms. The zero-order valence-electron chi connectivity index (χ0n) is 22.3. The first-order valence-corrected chi connectivity index (χ1v) is 13.8. The van der Waals surface area contributed by atoms with E-state index >= 15 is 0 Å². The van der Waals surface area contributed by atoms with Crippen LogP contribution in [0.4, 0.5) is 0 Å². The van der Waals surface area contributed by atoms with Gasteiger partial charge in [0, 0.05) is 18.4 Å². The third-order valence-electron chi connectivity index (χ3n) is 8.72. The normalized spacial score (nSPS) is 30.7. The molecule has 0 bridgehead atoms. The minimum atomic E-state index is -0.207. The number of benzene rings is 1. The number of hydrogen-bond acceptors (Lipinski definition) is 2. The van der Waals surface area contributed by atoms with Crippen LogP contribution in [0.25, 0.3) is 0 Å². The molecule has 0 radical (unpaired) electrons. The summed E-state index contributed by atoms with van der Waals surface area (Å²) in [5.74, 6) is 3.49. The van der Waals surface area contributed by atoms with Crippen molar-refractivity contribution in [2.24, 2.45) is 47.3 Å². The summed E-state index contributed by atoms with van der Waals surface area (Å²) in [6.45, 7) is 13.9. The highest BCUT2D eigenvalue weighted by atomic mass is 16.2. The van der Waals surface area contributed by atoms with Gasteiger partial charge in [-0.25, -0.2) is 0 Å². The summed E-state index contributed by atoms with van der Waals surface area (Å²) in [7, 11) is 0. The van der Waals surface area contributed by atoms with Crippen LogP contribution < -0.4 is 10.6 Å². The maximum Gasteiger partial charge on any atom is 0.223 e. The maximum atomic E-state index is 13.5. The molecule has 1 aromatic rings. The van der Waals surface area contributed by atoms with E-state index in [-0.39, 0.29) is 29.7 Å². The summed E-state index contributed by atoms with van der Waals surface area (Å²) < 4.78 is 0. The standard InChI is InChI=1S/C30H48N2O2/c1-19(2)24-14-12-21(5)16-26(24)29(33)31-18-28(23-10-8-7-9-11-23)32-30(34)27-17-22(6)13-15-25(27)20(3)4/h7-11,19-22,24-28H,12-18H2,1-6H3,(H,31,33)(H,32,34)/t21-,22-,24+,25+,26-,27-,28-/m1/s1. The fourth-order valence-corrected chi connectivity index (χ4v) is 6.56. The van der Waals surface area contributed by atoms with Crippen LogP contribution in [0.1, 0.15) is 91.7 Å². The summed E-state index contributed by atoms with van der Waals surface area (Å²) in [6.07, 6.45) is 6.60. The summed E-state index contributed by atoms with van der Waals surface area (Å²) in [5.41, 5.74) is 1.05. The van der Waals surface area contributed by atoms with Crippen molar-refractivity contribution in [3.05, 3.63) is 35.9 Å². The second kappa shape index (κ2) is 12.2. The summed E-state index contributed by atoms with van der Waals surface area (Å²) in [4.78, 5) is 26.9. The molecule has 1 aromatic carbocycles. The molecule has 190 valence electrons. The molecule has 0 spiro atoms. The Morgan fingerprint density at radius 2 is 1.29 bits per heavy atom. The highest BCUT2D eigenvalue weighted by molar-refractivity contribution is 5.81. The molecule has 0 heterocycles. The molecule has 2 aliphatic carbocycles. The van der Waals surface area contributed by atoms with Gasteiger partial charge in [-0.15, -0.1) is 0 Å². The van der Waals surface area contributed by atoms with Gasteiger partial charge >= 0.3 is 0 Å². The molecule has 0 aromatic heterocycles. The van der Waals surface area contributed by atoms with E-state index in [1.165, 1.54) is 12.8 Å². The van der Waals surface area contributed by atoms with Gasteiger partial charge in [0.1, 0.15) is 0 Å². The second-order valence-electron chi connectivity index (χ2n) is 12.1. The molecule has 34 heavy (non-hydrogen) atoms. The van der Waals surface area contributed by atoms with Crippen LogP contribution in [-0.2, 0) is 9.59 Å². The average Bonchev–Trinajstić information content (AvgIpc) is 2.81. The Morgan fingerprint density at radius 3 is 1.79 bits per heavy atom. The van der Waals surface area contributed by atoms with Crippen LogP contribution in [0.3, 0.4) is 0 Å². The van der Waals surface area contributed by atoms with Crippen molar-refractivity contribution < 1.29 is 9.59 Å². The molecule has 4 nitrogen and oxygen atoms in total. The lowest BCUT2D eigenvalue weighted by atomic mass is 9.69. The van der Waals surface area contributed by atoms with Crippen molar-refractivity contribution in [3.63, 3.8) is 0 Å². The van der Waals surface area contributed by atoms with E-state index in [1.807, 2.05) is 18.2 Å². The van der Waals surface area contributed by atoms with Crippen LogP contribution in [-0.4, -0.2) is 18.4 Å². The number of amides is 2. The molecule has 7 atom stereocenters. The Hall–Kier alpha value is -1.84. The molecule has 2 saturated carbocycles. The van der Waals surface area contributed by atoms with E-state index in [0.29, 0.717) is 42.1 Å². The van der Waals surface area contributed by atoms with Gasteiger partial charge in [-0.05, 0) is 66.8 Å². The zero-order valence-corrected chi connectivity index (χ0v) is 22.3. The topological polar surface area (TPSA) is 58.2 Å². The number of hydrogen-bond donors (Lipinski definition) is 2. The summed E-state index contributed by atoms with van der Waals surface area (Å²) in [6, 6.07) is 9.91. The van der Waals surface area contributed by atoms with E-state index in [9.17, 15) is 9.59 Å². The van der Waals surface area contributed by atoms with Crippen molar-refractivity contribution in [2.45, 2.75) is 86.1 Å². The van der Waals surface area contributed by atoms with Gasteiger partial charge in [0.05, 0.1) is 6.04 Å². The van der Waals surface area contributed by atoms with E-state index in [2.05, 4.69) is 64.3 Å². The highest BCUT2D eigenvalue weighted by Crippen LogP contribution is 2.39. The van der Waals surface area contributed by atoms with Gasteiger partial charge in [-0.3, -0.25) is 9.59 Å². The largest absolute Gasteiger partial charge is 0.353 e. The average molecular weight is 469 g/mol. The maximum absolute atomic E-state index is 13.5. The Morgan fingerprint density at radius 1 is 0.794 bits per heavy atom. The molecule has 0 aliphatic heterocycles. The lowest BCUT2D eigenvalue weighted by Gasteiger charge is -2.38. The third-order valence-corrected chi connectivity index (χ3v) is 8.72. The number of rotatable bonds is 8. The minimum Gasteiger partial charge on any atom is -0.353 e. The minimum absolute atomic E-state index is 0.0511. The van der Waals surface area contributed by atoms with Crippen molar-refractivity contribution in [3.8, 4) is 0 Å². The van der Waals surface area contributed by atoms with E-state index in [1.54, 1.807) is 0 Å². The first-order valence-electron chi connectivity index (χ1n) is 13.8. The lowest BCUT2D eigenvalue weighted by molar-refractivity contribution is -0.132. The van der Waals surface area contributed by atoms with E-state index < -0.39 is 0 Å². The van der Waals surface area contributed by atoms with Gasteiger partial charge in [0.25, 0.3) is 0 Å². The van der Waals surface area contributed by atoms with Gasteiger partial charge in [0.15, 0.2) is 0 Å². The van der Waals surface area contributed by atoms with E-state index in [0.717, 1.165) is 31.2 Å². The monoisotopic (exact) mass is 468 g/mol. The molecule has 2 fully saturated rings. The Balaban J connectivity index is 1.71. The van der Waals surface area contributed by atoms with Crippen LogP contribution in [0.5, 0.6) is 0 Å². The van der Waals surface area contributed by atoms with Crippen LogP contribution in [0, 0.1) is 47.3 Å². The lowest BCUT2D eigenvalue weighted by Crippen LogP contribution is -2.46. The van der Waals surface area contributed by atoms with Crippen LogP contribution >= 0.6 is 0 Å². The predicted molar refractivity (Wildman–Crippen MR) is 140 cm³/mol. The first kappa shape index (κ1) is 26.8. The Bertz CT molecular complexity index is 790. The fourth-order valence-electron chi connectivity index (χ4n) is 6.56. The van der Waals surface area contributed by atoms with Crippen molar-refractivity contribution in [1.82, 2.24) is 10.6 Å². The molecule has 2 N–H and O–H groups in total. The molecular weight excluding hydrogens is 420 g/mol. The highest BCUT2D eigenvalue weighted by Gasteiger charge is 2.37. The third kappa shape index (κ3) is 6.86. The first-order chi connectivity index (χ1) is 16.2. The zero-order chi connectivity index (χ0) is 24.8. The van der Waals surface area contributed by atoms with Crippen molar-refractivity contribution >= 4 is 11.8 Å². The molecule has 2 aliphatic rings. The number of nitrogens with one attached hydrogen (secondary N) is 2. The Kier molecular flexibility index (Phi) is 9.62. The van der Waals surface area contributed by atoms with Gasteiger partial charge < -0.3 is 10.6 Å². The molecular formula is C30H48N2O2. The second-order valence-corrected chi connectivity index (χ2v) is 12.1. The van der Waals surface area contributed by atoms with Gasteiger partial charge in [0.2, 0.25) is 11.8 Å². The van der Waals surface area contributed by atoms with Crippen LogP contribution in [0.15, 0.2) is 30.3 Å². The molecule has 2 amide bonds. The Labute approximate surface area is 208 Å². The predicted octanol–water partition coefficient (Wildman–Crippen LogP) is 6.38. The quantitative estimate of drug-likeness (QED) is 0.465. The number of carbonyl (C=O) groups is 2. The SMILES string of the molecule is CC(C)[C@@H]1CC[C@@H](C)C[C@H]1C(=O)NC[C@@H](NC(=O)[C@@H]1C[C@H](C)CC[C@H]1C(C)C)c1ccccc1.